The third-order valence-electron chi connectivity index (χ3n) is 3.52. The van der Waals surface area contributed by atoms with Gasteiger partial charge in [-0.2, -0.15) is 8.78 Å². The minimum Gasteiger partial charge on any atom is -0.478 e. The Morgan fingerprint density at radius 3 is 1.83 bits per heavy atom. The highest BCUT2D eigenvalue weighted by molar-refractivity contribution is 5.76. The zero-order valence-corrected chi connectivity index (χ0v) is 13.1. The molecule has 0 fully saturated rings. The Bertz CT molecular complexity index is 689. The summed E-state index contributed by atoms with van der Waals surface area (Å²) in [6.45, 7) is 4.62. The molecule has 2 aromatic carbocycles. The van der Waals surface area contributed by atoms with Crippen LogP contribution in [0.2, 0.25) is 0 Å². The van der Waals surface area contributed by atoms with Crippen LogP contribution in [-0.4, -0.2) is 16.7 Å². The maximum atomic E-state index is 14.5. The van der Waals surface area contributed by atoms with E-state index in [1.807, 2.05) is 6.92 Å². The first-order valence-corrected chi connectivity index (χ1v) is 7.11. The predicted molar refractivity (Wildman–Crippen MR) is 83.0 cm³/mol. The maximum Gasteiger partial charge on any atom is 0.347 e. The fourth-order valence-electron chi connectivity index (χ4n) is 2.00. The molecular formula is C18H18F2O3. The summed E-state index contributed by atoms with van der Waals surface area (Å²) >= 11 is 0. The van der Waals surface area contributed by atoms with Crippen LogP contribution in [0.15, 0.2) is 48.5 Å². The number of benzene rings is 2. The molecule has 0 unspecified atom stereocenters. The first-order valence-electron chi connectivity index (χ1n) is 7.11. The molecule has 0 aliphatic carbocycles. The Morgan fingerprint density at radius 2 is 1.39 bits per heavy atom. The van der Waals surface area contributed by atoms with Gasteiger partial charge in [-0.15, -0.1) is 0 Å². The smallest absolute Gasteiger partial charge is 0.347 e. The van der Waals surface area contributed by atoms with E-state index in [2.05, 4.69) is 0 Å². The fraction of sp³-hybridized carbons (Fsp3) is 0.278. The van der Waals surface area contributed by atoms with Gasteiger partial charge in [0.1, 0.15) is 5.75 Å². The molecule has 23 heavy (non-hydrogen) atoms. The van der Waals surface area contributed by atoms with E-state index < -0.39 is 17.5 Å². The average Bonchev–Trinajstić information content (AvgIpc) is 2.47. The van der Waals surface area contributed by atoms with Gasteiger partial charge in [0.2, 0.25) is 0 Å². The molecule has 0 bridgehead atoms. The summed E-state index contributed by atoms with van der Waals surface area (Å²) in [6.07, 6.45) is 0. The molecule has 0 aromatic heterocycles. The van der Waals surface area contributed by atoms with Crippen molar-refractivity contribution in [2.24, 2.45) is 0 Å². The Balaban J connectivity index is 2.25. The summed E-state index contributed by atoms with van der Waals surface area (Å²) < 4.78 is 34.3. The Labute approximate surface area is 133 Å². The van der Waals surface area contributed by atoms with E-state index >= 15 is 0 Å². The van der Waals surface area contributed by atoms with Crippen molar-refractivity contribution < 1.29 is 23.4 Å². The van der Waals surface area contributed by atoms with Crippen molar-refractivity contribution in [2.45, 2.75) is 32.3 Å². The quantitative estimate of drug-likeness (QED) is 0.889. The molecule has 1 N–H and O–H groups in total. The van der Waals surface area contributed by atoms with Gasteiger partial charge in [-0.25, -0.2) is 4.79 Å². The molecule has 0 radical (unpaired) electrons. The third kappa shape index (κ3) is 3.67. The third-order valence-corrected chi connectivity index (χ3v) is 3.52. The molecule has 0 spiro atoms. The van der Waals surface area contributed by atoms with Gasteiger partial charge in [0.25, 0.3) is 5.92 Å². The number of carboxylic acid groups (broad SMARTS) is 1. The van der Waals surface area contributed by atoms with E-state index in [-0.39, 0.29) is 16.9 Å². The number of hydrogen-bond donors (Lipinski definition) is 1. The molecule has 0 heterocycles. The summed E-state index contributed by atoms with van der Waals surface area (Å²) in [5.41, 5.74) is -0.797. The minimum absolute atomic E-state index is 0.0948. The van der Waals surface area contributed by atoms with E-state index in [4.69, 9.17) is 9.84 Å². The lowest BCUT2D eigenvalue weighted by atomic mass is 9.99. The molecule has 0 atom stereocenters. The number of rotatable bonds is 5. The van der Waals surface area contributed by atoms with Crippen molar-refractivity contribution in [3.63, 3.8) is 0 Å². The predicted octanol–water partition coefficient (Wildman–Crippen LogP) is 4.38. The van der Waals surface area contributed by atoms with Gasteiger partial charge in [0.05, 0.1) is 0 Å². The molecule has 0 aliphatic rings. The number of aryl methyl sites for hydroxylation is 1. The van der Waals surface area contributed by atoms with Gasteiger partial charge in [0, 0.05) is 11.1 Å². The van der Waals surface area contributed by atoms with Crippen molar-refractivity contribution in [1.29, 1.82) is 0 Å². The molecule has 0 saturated heterocycles. The lowest BCUT2D eigenvalue weighted by Gasteiger charge is -2.22. The van der Waals surface area contributed by atoms with Crippen LogP contribution < -0.4 is 4.74 Å². The molecule has 5 heteroatoms. The number of aliphatic carboxylic acids is 1. The normalized spacial score (nSPS) is 12.0. The molecule has 2 rings (SSSR count). The summed E-state index contributed by atoms with van der Waals surface area (Å²) in [5.74, 6) is -4.04. The van der Waals surface area contributed by atoms with Gasteiger partial charge in [-0.1, -0.05) is 29.8 Å². The highest BCUT2D eigenvalue weighted by Crippen LogP contribution is 2.36. The van der Waals surface area contributed by atoms with Crippen molar-refractivity contribution >= 4 is 5.97 Å². The first kappa shape index (κ1) is 16.9. The van der Waals surface area contributed by atoms with Crippen LogP contribution in [-0.2, 0) is 10.7 Å². The maximum absolute atomic E-state index is 14.5. The second-order valence-electron chi connectivity index (χ2n) is 5.88. The minimum atomic E-state index is -3.13. The van der Waals surface area contributed by atoms with Crippen molar-refractivity contribution in [3.8, 4) is 5.75 Å². The Kier molecular flexibility index (Phi) is 4.41. The molecular weight excluding hydrogens is 302 g/mol. The number of carboxylic acids is 1. The molecule has 3 nitrogen and oxygen atoms in total. The second kappa shape index (κ2) is 5.99. The lowest BCUT2D eigenvalue weighted by Crippen LogP contribution is -2.37. The topological polar surface area (TPSA) is 46.5 Å². The summed E-state index contributed by atoms with van der Waals surface area (Å²) in [7, 11) is 0. The largest absolute Gasteiger partial charge is 0.478 e. The van der Waals surface area contributed by atoms with E-state index in [1.54, 1.807) is 12.1 Å². The molecule has 0 amide bonds. The number of alkyl halides is 2. The van der Waals surface area contributed by atoms with Crippen molar-refractivity contribution in [3.05, 3.63) is 65.2 Å². The summed E-state index contributed by atoms with van der Waals surface area (Å²) in [5, 5.41) is 9.01. The number of halogens is 2. The summed E-state index contributed by atoms with van der Waals surface area (Å²) in [4.78, 5) is 11.0. The van der Waals surface area contributed by atoms with Gasteiger partial charge in [-0.05, 0) is 45.0 Å². The zero-order valence-electron chi connectivity index (χ0n) is 13.1. The lowest BCUT2D eigenvalue weighted by molar-refractivity contribution is -0.152. The van der Waals surface area contributed by atoms with E-state index in [0.29, 0.717) is 0 Å². The molecule has 2 aromatic rings. The van der Waals surface area contributed by atoms with E-state index in [1.165, 1.54) is 50.2 Å². The Hall–Kier alpha value is -2.43. The highest BCUT2D eigenvalue weighted by Gasteiger charge is 2.34. The number of hydrogen-bond acceptors (Lipinski definition) is 2. The highest BCUT2D eigenvalue weighted by atomic mass is 19.3. The standard InChI is InChI=1S/C18H18F2O3/c1-12-4-6-13(7-5-12)18(19,20)14-8-10-15(11-9-14)23-17(2,3)16(21)22/h4-11H,1-3H3,(H,21,22). The van der Waals surface area contributed by atoms with Crippen LogP contribution in [0, 0.1) is 6.92 Å². The van der Waals surface area contributed by atoms with Gasteiger partial charge < -0.3 is 9.84 Å². The van der Waals surface area contributed by atoms with Crippen LogP contribution in [0.5, 0.6) is 5.75 Å². The molecule has 0 aliphatic heterocycles. The van der Waals surface area contributed by atoms with Crippen LogP contribution in [0.25, 0.3) is 0 Å². The number of ether oxygens (including phenoxy) is 1. The Morgan fingerprint density at radius 1 is 0.957 bits per heavy atom. The van der Waals surface area contributed by atoms with Crippen molar-refractivity contribution in [2.75, 3.05) is 0 Å². The van der Waals surface area contributed by atoms with Gasteiger partial charge in [0.15, 0.2) is 5.60 Å². The van der Waals surface area contributed by atoms with Crippen LogP contribution in [0.3, 0.4) is 0 Å². The van der Waals surface area contributed by atoms with E-state index in [9.17, 15) is 13.6 Å². The first-order chi connectivity index (χ1) is 10.6. The van der Waals surface area contributed by atoms with Crippen molar-refractivity contribution in [1.82, 2.24) is 0 Å². The fourth-order valence-corrected chi connectivity index (χ4v) is 2.00. The second-order valence-corrected chi connectivity index (χ2v) is 5.88. The van der Waals surface area contributed by atoms with Crippen LogP contribution in [0.4, 0.5) is 8.78 Å². The van der Waals surface area contributed by atoms with Gasteiger partial charge in [-0.3, -0.25) is 0 Å². The van der Waals surface area contributed by atoms with Crippen LogP contribution in [0.1, 0.15) is 30.5 Å². The SMILES string of the molecule is Cc1ccc(C(F)(F)c2ccc(OC(C)(C)C(=O)O)cc2)cc1. The monoisotopic (exact) mass is 320 g/mol. The summed E-state index contributed by atoms with van der Waals surface area (Å²) in [6, 6.07) is 11.2. The van der Waals surface area contributed by atoms with Gasteiger partial charge >= 0.3 is 5.97 Å². The number of carbonyl (C=O) groups is 1. The van der Waals surface area contributed by atoms with E-state index in [0.717, 1.165) is 5.56 Å². The van der Waals surface area contributed by atoms with Crippen LogP contribution >= 0.6 is 0 Å². The molecule has 0 saturated carbocycles. The molecule has 122 valence electrons. The average molecular weight is 320 g/mol. The zero-order chi connectivity index (χ0) is 17.3.